The van der Waals surface area contributed by atoms with Gasteiger partial charge in [0.05, 0.1) is 6.61 Å². The first-order chi connectivity index (χ1) is 9.15. The summed E-state index contributed by atoms with van der Waals surface area (Å²) in [7, 11) is 0. The minimum Gasteiger partial charge on any atom is -0.385 e. The van der Waals surface area contributed by atoms with Crippen LogP contribution in [0, 0.1) is 5.92 Å². The maximum Gasteiger partial charge on any atom is 0.251 e. The van der Waals surface area contributed by atoms with E-state index in [1.54, 1.807) is 0 Å². The molecule has 1 unspecified atom stereocenters. The van der Waals surface area contributed by atoms with Crippen molar-refractivity contribution in [3.05, 3.63) is 29.8 Å². The van der Waals surface area contributed by atoms with Crippen molar-refractivity contribution in [3.63, 3.8) is 0 Å². The van der Waals surface area contributed by atoms with Crippen LogP contribution in [0.3, 0.4) is 0 Å². The molecule has 1 aromatic carbocycles. The topological polar surface area (TPSA) is 50.4 Å². The van der Waals surface area contributed by atoms with E-state index in [2.05, 4.69) is 10.6 Å². The predicted molar refractivity (Wildman–Crippen MR) is 76.5 cm³/mol. The van der Waals surface area contributed by atoms with E-state index in [0.717, 1.165) is 31.9 Å². The molecule has 104 valence electrons. The largest absolute Gasteiger partial charge is 0.385 e. The lowest BCUT2D eigenvalue weighted by atomic mass is 10.1. The summed E-state index contributed by atoms with van der Waals surface area (Å²) >= 11 is 0. The fourth-order valence-corrected chi connectivity index (χ4v) is 2.12. The standard InChI is InChI=1S/C15H22N2O2/c1-11(2)17-15(18)13-4-3-5-14(8-13)16-9-12-6-7-19-10-12/h3-5,8,11-12,16H,6-7,9-10H2,1-2H3,(H,17,18). The maximum absolute atomic E-state index is 11.9. The van der Waals surface area contributed by atoms with Crippen molar-refractivity contribution >= 4 is 11.6 Å². The molecule has 4 nitrogen and oxygen atoms in total. The van der Waals surface area contributed by atoms with E-state index in [0.29, 0.717) is 11.5 Å². The first kappa shape index (κ1) is 13.9. The predicted octanol–water partition coefficient (Wildman–Crippen LogP) is 2.27. The molecule has 0 spiro atoms. The molecule has 1 heterocycles. The molecule has 1 aromatic rings. The van der Waals surface area contributed by atoms with Gasteiger partial charge in [-0.2, -0.15) is 0 Å². The molecule has 4 heteroatoms. The number of hydrogen-bond acceptors (Lipinski definition) is 3. The second-order valence-electron chi connectivity index (χ2n) is 5.32. The van der Waals surface area contributed by atoms with Crippen molar-refractivity contribution in [1.82, 2.24) is 5.32 Å². The average molecular weight is 262 g/mol. The average Bonchev–Trinajstić information content (AvgIpc) is 2.89. The van der Waals surface area contributed by atoms with Gasteiger partial charge in [0, 0.05) is 36.4 Å². The highest BCUT2D eigenvalue weighted by Crippen LogP contribution is 2.15. The molecule has 2 rings (SSSR count). The van der Waals surface area contributed by atoms with E-state index >= 15 is 0 Å². The Bertz CT molecular complexity index is 426. The fraction of sp³-hybridized carbons (Fsp3) is 0.533. The van der Waals surface area contributed by atoms with Crippen molar-refractivity contribution in [3.8, 4) is 0 Å². The number of ether oxygens (including phenoxy) is 1. The molecular formula is C15H22N2O2. The number of carbonyl (C=O) groups is 1. The van der Waals surface area contributed by atoms with E-state index in [9.17, 15) is 4.79 Å². The lowest BCUT2D eigenvalue weighted by Gasteiger charge is -2.12. The van der Waals surface area contributed by atoms with Gasteiger partial charge in [0.15, 0.2) is 0 Å². The second kappa shape index (κ2) is 6.57. The van der Waals surface area contributed by atoms with Crippen molar-refractivity contribution in [2.75, 3.05) is 25.1 Å². The summed E-state index contributed by atoms with van der Waals surface area (Å²) in [4.78, 5) is 11.9. The van der Waals surface area contributed by atoms with Gasteiger partial charge >= 0.3 is 0 Å². The van der Waals surface area contributed by atoms with Crippen LogP contribution in [0.25, 0.3) is 0 Å². The van der Waals surface area contributed by atoms with Gasteiger partial charge in [0.25, 0.3) is 5.91 Å². The Morgan fingerprint density at radius 1 is 1.47 bits per heavy atom. The molecule has 1 aliphatic heterocycles. The summed E-state index contributed by atoms with van der Waals surface area (Å²) in [5, 5.41) is 6.27. The van der Waals surface area contributed by atoms with Crippen LogP contribution in [0.5, 0.6) is 0 Å². The third-order valence-corrected chi connectivity index (χ3v) is 3.16. The van der Waals surface area contributed by atoms with E-state index in [-0.39, 0.29) is 11.9 Å². The minimum atomic E-state index is -0.0251. The van der Waals surface area contributed by atoms with Crippen LogP contribution in [0.1, 0.15) is 30.6 Å². The molecule has 1 atom stereocenters. The molecule has 0 radical (unpaired) electrons. The smallest absolute Gasteiger partial charge is 0.251 e. The molecule has 0 saturated carbocycles. The zero-order valence-electron chi connectivity index (χ0n) is 11.6. The highest BCUT2D eigenvalue weighted by Gasteiger charge is 2.15. The Hall–Kier alpha value is -1.55. The Morgan fingerprint density at radius 2 is 2.32 bits per heavy atom. The number of carbonyl (C=O) groups excluding carboxylic acids is 1. The lowest BCUT2D eigenvalue weighted by molar-refractivity contribution is 0.0943. The van der Waals surface area contributed by atoms with Gasteiger partial charge < -0.3 is 15.4 Å². The molecular weight excluding hydrogens is 240 g/mol. The van der Waals surface area contributed by atoms with Crippen molar-refractivity contribution in [2.45, 2.75) is 26.3 Å². The third kappa shape index (κ3) is 4.24. The Kier molecular flexibility index (Phi) is 4.80. The normalized spacial score (nSPS) is 18.6. The Labute approximate surface area is 114 Å². The van der Waals surface area contributed by atoms with E-state index in [4.69, 9.17) is 4.74 Å². The van der Waals surface area contributed by atoms with Crippen LogP contribution >= 0.6 is 0 Å². The van der Waals surface area contributed by atoms with E-state index < -0.39 is 0 Å². The maximum atomic E-state index is 11.9. The van der Waals surface area contributed by atoms with Crippen LogP contribution in [0.2, 0.25) is 0 Å². The van der Waals surface area contributed by atoms with Gasteiger partial charge in [-0.25, -0.2) is 0 Å². The van der Waals surface area contributed by atoms with Crippen molar-refractivity contribution in [2.24, 2.45) is 5.92 Å². The van der Waals surface area contributed by atoms with Crippen LogP contribution in [0.15, 0.2) is 24.3 Å². The van der Waals surface area contributed by atoms with Gasteiger partial charge in [0.2, 0.25) is 0 Å². The summed E-state index contributed by atoms with van der Waals surface area (Å²) in [5.74, 6) is 0.552. The zero-order valence-corrected chi connectivity index (χ0v) is 11.6. The Morgan fingerprint density at radius 3 is 3.00 bits per heavy atom. The first-order valence-corrected chi connectivity index (χ1v) is 6.87. The van der Waals surface area contributed by atoms with Crippen molar-refractivity contribution < 1.29 is 9.53 Å². The van der Waals surface area contributed by atoms with Crippen molar-refractivity contribution in [1.29, 1.82) is 0 Å². The summed E-state index contributed by atoms with van der Waals surface area (Å²) in [6.45, 7) is 6.51. The summed E-state index contributed by atoms with van der Waals surface area (Å²) < 4.78 is 5.35. The van der Waals surface area contributed by atoms with E-state index in [1.807, 2.05) is 38.1 Å². The summed E-state index contributed by atoms with van der Waals surface area (Å²) in [6, 6.07) is 7.78. The molecule has 1 amide bonds. The molecule has 1 aliphatic rings. The Balaban J connectivity index is 1.92. The lowest BCUT2D eigenvalue weighted by Crippen LogP contribution is -2.30. The molecule has 0 bridgehead atoms. The monoisotopic (exact) mass is 262 g/mol. The molecule has 2 N–H and O–H groups in total. The van der Waals surface area contributed by atoms with Gasteiger partial charge in [-0.05, 0) is 38.5 Å². The number of benzene rings is 1. The SMILES string of the molecule is CC(C)NC(=O)c1cccc(NCC2CCOC2)c1. The molecule has 1 saturated heterocycles. The first-order valence-electron chi connectivity index (χ1n) is 6.87. The number of anilines is 1. The highest BCUT2D eigenvalue weighted by molar-refractivity contribution is 5.95. The molecule has 19 heavy (non-hydrogen) atoms. The zero-order chi connectivity index (χ0) is 13.7. The summed E-state index contributed by atoms with van der Waals surface area (Å²) in [5.41, 5.74) is 1.68. The second-order valence-corrected chi connectivity index (χ2v) is 5.32. The van der Waals surface area contributed by atoms with Crippen LogP contribution < -0.4 is 10.6 Å². The summed E-state index contributed by atoms with van der Waals surface area (Å²) in [6.07, 6.45) is 1.11. The quantitative estimate of drug-likeness (QED) is 0.856. The van der Waals surface area contributed by atoms with Crippen LogP contribution in [-0.4, -0.2) is 31.7 Å². The molecule has 1 fully saturated rings. The van der Waals surface area contributed by atoms with E-state index in [1.165, 1.54) is 0 Å². The molecule has 0 aliphatic carbocycles. The fourth-order valence-electron chi connectivity index (χ4n) is 2.12. The van der Waals surface area contributed by atoms with Gasteiger partial charge in [-0.3, -0.25) is 4.79 Å². The number of amides is 1. The molecule has 0 aromatic heterocycles. The third-order valence-electron chi connectivity index (χ3n) is 3.16. The number of nitrogens with one attached hydrogen (secondary N) is 2. The minimum absolute atomic E-state index is 0.0251. The van der Waals surface area contributed by atoms with Crippen LogP contribution in [-0.2, 0) is 4.74 Å². The van der Waals surface area contributed by atoms with Gasteiger partial charge in [-0.15, -0.1) is 0 Å². The highest BCUT2D eigenvalue weighted by atomic mass is 16.5. The van der Waals surface area contributed by atoms with Gasteiger partial charge in [0.1, 0.15) is 0 Å². The number of rotatable bonds is 5. The number of hydrogen-bond donors (Lipinski definition) is 2. The van der Waals surface area contributed by atoms with Gasteiger partial charge in [-0.1, -0.05) is 6.07 Å². The van der Waals surface area contributed by atoms with Crippen LogP contribution in [0.4, 0.5) is 5.69 Å².